The van der Waals surface area contributed by atoms with E-state index in [1.165, 1.54) is 0 Å². The molecular weight excluding hydrogens is 224 g/mol. The summed E-state index contributed by atoms with van der Waals surface area (Å²) >= 11 is 5.84. The van der Waals surface area contributed by atoms with E-state index in [4.69, 9.17) is 17.3 Å². The summed E-state index contributed by atoms with van der Waals surface area (Å²) in [7, 11) is 0. The van der Waals surface area contributed by atoms with Crippen molar-refractivity contribution in [3.8, 4) is 11.1 Å². The Kier molecular flexibility index (Phi) is 2.88. The van der Waals surface area contributed by atoms with E-state index in [1.807, 2.05) is 18.2 Å². The van der Waals surface area contributed by atoms with Gasteiger partial charge in [0.05, 0.1) is 5.02 Å². The predicted octanol–water partition coefficient (Wildman–Crippen LogP) is 2.50. The third kappa shape index (κ3) is 2.20. The molecule has 1 heterocycles. The van der Waals surface area contributed by atoms with Crippen LogP contribution in [0.5, 0.6) is 0 Å². The van der Waals surface area contributed by atoms with Crippen molar-refractivity contribution in [3.05, 3.63) is 53.3 Å². The fourth-order valence-corrected chi connectivity index (χ4v) is 1.57. The maximum absolute atomic E-state index is 10.9. The number of rotatable bonds is 2. The summed E-state index contributed by atoms with van der Waals surface area (Å²) in [6, 6.07) is 8.80. The molecule has 0 aliphatic rings. The Morgan fingerprint density at radius 2 is 1.81 bits per heavy atom. The average molecular weight is 233 g/mol. The smallest absolute Gasteiger partial charge is 0.248 e. The van der Waals surface area contributed by atoms with Gasteiger partial charge in [-0.3, -0.25) is 9.78 Å². The van der Waals surface area contributed by atoms with E-state index < -0.39 is 5.91 Å². The van der Waals surface area contributed by atoms with Crippen LogP contribution in [0.3, 0.4) is 0 Å². The van der Waals surface area contributed by atoms with Gasteiger partial charge in [-0.05, 0) is 23.8 Å². The van der Waals surface area contributed by atoms with Gasteiger partial charge in [0.1, 0.15) is 0 Å². The van der Waals surface area contributed by atoms with Crippen LogP contribution in [0.4, 0.5) is 0 Å². The molecule has 1 aromatic carbocycles. The van der Waals surface area contributed by atoms with Gasteiger partial charge in [-0.2, -0.15) is 0 Å². The minimum atomic E-state index is -0.434. The van der Waals surface area contributed by atoms with Gasteiger partial charge in [0.2, 0.25) is 5.91 Å². The fraction of sp³-hybridized carbons (Fsp3) is 0. The van der Waals surface area contributed by atoms with Gasteiger partial charge in [0.25, 0.3) is 0 Å². The molecule has 0 unspecified atom stereocenters. The van der Waals surface area contributed by atoms with Gasteiger partial charge in [-0.1, -0.05) is 23.7 Å². The van der Waals surface area contributed by atoms with Gasteiger partial charge >= 0.3 is 0 Å². The third-order valence-corrected chi connectivity index (χ3v) is 2.41. The molecule has 4 heteroatoms. The van der Waals surface area contributed by atoms with Gasteiger partial charge in [0.15, 0.2) is 0 Å². The molecule has 2 rings (SSSR count). The molecular formula is C12H9ClN2O. The topological polar surface area (TPSA) is 56.0 Å². The summed E-state index contributed by atoms with van der Waals surface area (Å²) in [5, 5.41) is 0.580. The van der Waals surface area contributed by atoms with Crippen LogP contribution in [-0.4, -0.2) is 10.9 Å². The lowest BCUT2D eigenvalue weighted by Crippen LogP contribution is -2.10. The predicted molar refractivity (Wildman–Crippen MR) is 63.2 cm³/mol. The molecule has 16 heavy (non-hydrogen) atoms. The summed E-state index contributed by atoms with van der Waals surface area (Å²) in [6.07, 6.45) is 3.29. The molecule has 0 saturated carbocycles. The van der Waals surface area contributed by atoms with Gasteiger partial charge in [-0.15, -0.1) is 0 Å². The van der Waals surface area contributed by atoms with Crippen LogP contribution >= 0.6 is 11.6 Å². The number of hydrogen-bond donors (Lipinski definition) is 1. The second-order valence-corrected chi connectivity index (χ2v) is 3.77. The van der Waals surface area contributed by atoms with E-state index in [2.05, 4.69) is 4.98 Å². The monoisotopic (exact) mass is 232 g/mol. The Hall–Kier alpha value is -1.87. The van der Waals surface area contributed by atoms with E-state index in [1.54, 1.807) is 24.5 Å². The van der Waals surface area contributed by atoms with Gasteiger partial charge < -0.3 is 5.73 Å². The molecule has 1 amide bonds. The number of benzene rings is 1. The van der Waals surface area contributed by atoms with E-state index >= 15 is 0 Å². The normalized spacial score (nSPS) is 10.1. The van der Waals surface area contributed by atoms with E-state index in [-0.39, 0.29) is 0 Å². The van der Waals surface area contributed by atoms with Crippen LogP contribution in [0.15, 0.2) is 42.7 Å². The number of amides is 1. The number of carbonyl (C=O) groups is 1. The number of nitrogens with two attached hydrogens (primary N) is 1. The highest BCUT2D eigenvalue weighted by Crippen LogP contribution is 2.21. The number of nitrogens with zero attached hydrogens (tertiary/aromatic N) is 1. The van der Waals surface area contributed by atoms with Crippen molar-refractivity contribution >= 4 is 17.5 Å². The third-order valence-electron chi connectivity index (χ3n) is 2.21. The number of halogens is 1. The molecule has 0 saturated heterocycles. The minimum absolute atomic E-state index is 0.434. The average Bonchev–Trinajstić information content (AvgIpc) is 2.29. The lowest BCUT2D eigenvalue weighted by atomic mass is 10.1. The fourth-order valence-electron chi connectivity index (χ4n) is 1.40. The number of hydrogen-bond acceptors (Lipinski definition) is 2. The first kappa shape index (κ1) is 10.6. The first-order valence-electron chi connectivity index (χ1n) is 4.67. The van der Waals surface area contributed by atoms with Crippen LogP contribution < -0.4 is 5.73 Å². The SMILES string of the molecule is NC(=O)c1ccc(-c2cncc(Cl)c2)cc1. The van der Waals surface area contributed by atoms with Crippen molar-refractivity contribution in [1.29, 1.82) is 0 Å². The van der Waals surface area contributed by atoms with E-state index in [0.717, 1.165) is 11.1 Å². The number of primary amides is 1. The second kappa shape index (κ2) is 4.33. The summed E-state index contributed by atoms with van der Waals surface area (Å²) in [4.78, 5) is 14.9. The lowest BCUT2D eigenvalue weighted by Gasteiger charge is -2.02. The highest BCUT2D eigenvalue weighted by molar-refractivity contribution is 6.30. The highest BCUT2D eigenvalue weighted by Gasteiger charge is 2.02. The minimum Gasteiger partial charge on any atom is -0.366 e. The first-order valence-corrected chi connectivity index (χ1v) is 5.05. The Labute approximate surface area is 97.9 Å². The molecule has 1 aromatic heterocycles. The Morgan fingerprint density at radius 1 is 1.12 bits per heavy atom. The van der Waals surface area contributed by atoms with Crippen LogP contribution in [0, 0.1) is 0 Å². The zero-order valence-electron chi connectivity index (χ0n) is 8.35. The van der Waals surface area contributed by atoms with Crippen LogP contribution in [-0.2, 0) is 0 Å². The van der Waals surface area contributed by atoms with E-state index in [0.29, 0.717) is 10.6 Å². The van der Waals surface area contributed by atoms with Crippen LogP contribution in [0.2, 0.25) is 5.02 Å². The first-order chi connectivity index (χ1) is 7.66. The zero-order chi connectivity index (χ0) is 11.5. The van der Waals surface area contributed by atoms with Crippen molar-refractivity contribution in [2.45, 2.75) is 0 Å². The second-order valence-electron chi connectivity index (χ2n) is 3.33. The van der Waals surface area contributed by atoms with Crippen molar-refractivity contribution in [2.24, 2.45) is 5.73 Å². The Morgan fingerprint density at radius 3 is 2.38 bits per heavy atom. The quantitative estimate of drug-likeness (QED) is 0.865. The standard InChI is InChI=1S/C12H9ClN2O/c13-11-5-10(6-15-7-11)8-1-3-9(4-2-8)12(14)16/h1-7H,(H2,14,16). The lowest BCUT2D eigenvalue weighted by molar-refractivity contribution is 0.100. The summed E-state index contributed by atoms with van der Waals surface area (Å²) < 4.78 is 0. The highest BCUT2D eigenvalue weighted by atomic mass is 35.5. The number of carbonyl (C=O) groups excluding carboxylic acids is 1. The maximum Gasteiger partial charge on any atom is 0.248 e. The summed E-state index contributed by atoms with van der Waals surface area (Å²) in [5.41, 5.74) is 7.49. The number of aromatic nitrogens is 1. The molecule has 2 N–H and O–H groups in total. The molecule has 0 fully saturated rings. The largest absolute Gasteiger partial charge is 0.366 e. The Bertz CT molecular complexity index is 523. The molecule has 0 aliphatic heterocycles. The zero-order valence-corrected chi connectivity index (χ0v) is 9.11. The van der Waals surface area contributed by atoms with E-state index in [9.17, 15) is 4.79 Å². The molecule has 0 bridgehead atoms. The van der Waals surface area contributed by atoms with Gasteiger partial charge in [-0.25, -0.2) is 0 Å². The molecule has 3 nitrogen and oxygen atoms in total. The molecule has 2 aromatic rings. The van der Waals surface area contributed by atoms with Crippen molar-refractivity contribution in [3.63, 3.8) is 0 Å². The summed E-state index contributed by atoms with van der Waals surface area (Å²) in [5.74, 6) is -0.434. The molecule has 80 valence electrons. The molecule has 0 radical (unpaired) electrons. The Balaban J connectivity index is 2.38. The van der Waals surface area contributed by atoms with Crippen LogP contribution in [0.25, 0.3) is 11.1 Å². The maximum atomic E-state index is 10.9. The molecule has 0 aliphatic carbocycles. The van der Waals surface area contributed by atoms with Crippen molar-refractivity contribution in [2.75, 3.05) is 0 Å². The molecule has 0 spiro atoms. The summed E-state index contributed by atoms with van der Waals surface area (Å²) in [6.45, 7) is 0. The van der Waals surface area contributed by atoms with Crippen molar-refractivity contribution in [1.82, 2.24) is 4.98 Å². The van der Waals surface area contributed by atoms with Crippen LogP contribution in [0.1, 0.15) is 10.4 Å². The number of pyridine rings is 1. The van der Waals surface area contributed by atoms with Crippen molar-refractivity contribution < 1.29 is 4.79 Å². The molecule has 0 atom stereocenters. The van der Waals surface area contributed by atoms with Gasteiger partial charge in [0, 0.05) is 23.5 Å².